The number of nitrogens with zero attached hydrogens (tertiary/aromatic N) is 1. The average Bonchev–Trinajstić information content (AvgIpc) is 2.64. The molecule has 0 rings (SSSR count). The quantitative estimate of drug-likeness (QED) is 0.0590. The molecular weight excluding hydrogens is 406 g/mol. The maximum atomic E-state index is 12.4. The zero-order chi connectivity index (χ0) is 22.6. The van der Waals surface area contributed by atoms with E-state index >= 15 is 0 Å². The lowest BCUT2D eigenvalue weighted by molar-refractivity contribution is -0.142. The van der Waals surface area contributed by atoms with E-state index in [0.717, 1.165) is 0 Å². The van der Waals surface area contributed by atoms with Gasteiger partial charge in [0.15, 0.2) is 5.96 Å². The lowest BCUT2D eigenvalue weighted by atomic mass is 10.1. The zero-order valence-electron chi connectivity index (χ0n) is 16.0. The van der Waals surface area contributed by atoms with Crippen LogP contribution in [0, 0.1) is 0 Å². The Morgan fingerprint density at radius 3 is 2.10 bits per heavy atom. The van der Waals surface area contributed by atoms with E-state index in [1.807, 2.05) is 0 Å². The third-order valence-corrected chi connectivity index (χ3v) is 4.01. The predicted octanol–water partition coefficient (Wildman–Crippen LogP) is -4.15. The molecule has 29 heavy (non-hydrogen) atoms. The fourth-order valence-electron chi connectivity index (χ4n) is 2.13. The van der Waals surface area contributed by atoms with Crippen molar-refractivity contribution in [3.05, 3.63) is 0 Å². The number of rotatable bonds is 13. The maximum Gasteiger partial charge on any atom is 0.326 e. The van der Waals surface area contributed by atoms with Crippen molar-refractivity contribution >= 4 is 42.3 Å². The highest BCUT2D eigenvalue weighted by atomic mass is 32.1. The summed E-state index contributed by atoms with van der Waals surface area (Å²) in [6.07, 6.45) is -0.924. The molecule has 0 heterocycles. The average molecular weight is 436 g/mol. The molecule has 0 aromatic carbocycles. The van der Waals surface area contributed by atoms with Crippen LogP contribution < -0.4 is 33.2 Å². The van der Waals surface area contributed by atoms with Crippen molar-refractivity contribution in [2.75, 3.05) is 18.8 Å². The third kappa shape index (κ3) is 10.5. The molecule has 0 bridgehead atoms. The molecule has 0 aromatic heterocycles. The molecule has 4 atom stereocenters. The smallest absolute Gasteiger partial charge is 0.326 e. The van der Waals surface area contributed by atoms with Gasteiger partial charge in [0.25, 0.3) is 0 Å². The molecule has 0 fully saturated rings. The van der Waals surface area contributed by atoms with E-state index in [1.165, 1.54) is 6.92 Å². The summed E-state index contributed by atoms with van der Waals surface area (Å²) in [5.74, 6) is -3.88. The number of guanidine groups is 1. The van der Waals surface area contributed by atoms with Gasteiger partial charge in [-0.25, -0.2) is 4.79 Å². The molecule has 11 N–H and O–H groups in total. The van der Waals surface area contributed by atoms with Crippen molar-refractivity contribution in [2.45, 2.75) is 44.0 Å². The maximum absolute atomic E-state index is 12.4. The highest BCUT2D eigenvalue weighted by Gasteiger charge is 2.30. The van der Waals surface area contributed by atoms with Gasteiger partial charge in [-0.2, -0.15) is 12.6 Å². The first-order valence-electron chi connectivity index (χ1n) is 8.70. The number of thiol groups is 1. The summed E-state index contributed by atoms with van der Waals surface area (Å²) in [6, 6.07) is -3.79. The van der Waals surface area contributed by atoms with Crippen LogP contribution in [-0.2, 0) is 19.2 Å². The second-order valence-electron chi connectivity index (χ2n) is 6.08. The molecule has 3 amide bonds. The summed E-state index contributed by atoms with van der Waals surface area (Å²) in [4.78, 5) is 51.1. The molecule has 0 saturated carbocycles. The van der Waals surface area contributed by atoms with Crippen LogP contribution in [0.4, 0.5) is 0 Å². The highest BCUT2D eigenvalue weighted by molar-refractivity contribution is 7.80. The summed E-state index contributed by atoms with van der Waals surface area (Å²) in [5, 5.41) is 25.8. The first-order valence-corrected chi connectivity index (χ1v) is 9.34. The van der Waals surface area contributed by atoms with Crippen LogP contribution in [0.5, 0.6) is 0 Å². The Bertz CT molecular complexity index is 612. The number of hydrogen-bond acceptors (Lipinski definition) is 8. The van der Waals surface area contributed by atoms with Gasteiger partial charge in [-0.1, -0.05) is 0 Å². The Kier molecular flexibility index (Phi) is 12.4. The molecule has 0 spiro atoms. The number of amides is 3. The van der Waals surface area contributed by atoms with E-state index in [2.05, 4.69) is 33.6 Å². The van der Waals surface area contributed by atoms with Gasteiger partial charge in [0.2, 0.25) is 17.7 Å². The van der Waals surface area contributed by atoms with Crippen LogP contribution >= 0.6 is 12.6 Å². The largest absolute Gasteiger partial charge is 0.480 e. The van der Waals surface area contributed by atoms with E-state index in [-0.39, 0.29) is 24.7 Å². The van der Waals surface area contributed by atoms with Crippen molar-refractivity contribution in [2.24, 2.45) is 22.2 Å². The number of nitrogens with one attached hydrogen (secondary N) is 3. The van der Waals surface area contributed by atoms with Gasteiger partial charge in [-0.15, -0.1) is 0 Å². The monoisotopic (exact) mass is 435 g/mol. The van der Waals surface area contributed by atoms with Crippen LogP contribution in [-0.4, -0.2) is 82.9 Å². The molecule has 0 radical (unpaired) electrons. The highest BCUT2D eigenvalue weighted by Crippen LogP contribution is 2.02. The van der Waals surface area contributed by atoms with Gasteiger partial charge in [0.1, 0.15) is 18.1 Å². The molecule has 0 aliphatic carbocycles. The number of carbonyl (C=O) groups excluding carboxylic acids is 3. The van der Waals surface area contributed by atoms with Gasteiger partial charge in [-0.05, 0) is 19.8 Å². The Hall–Kier alpha value is -2.58. The molecular formula is C15H29N7O6S. The minimum atomic E-state index is -1.35. The fraction of sp³-hybridized carbons (Fsp3) is 0.667. The first-order chi connectivity index (χ1) is 13.5. The van der Waals surface area contributed by atoms with E-state index in [0.29, 0.717) is 6.42 Å². The van der Waals surface area contributed by atoms with Crippen LogP contribution in [0.25, 0.3) is 0 Å². The van der Waals surface area contributed by atoms with Gasteiger partial charge in [0, 0.05) is 12.3 Å². The summed E-state index contributed by atoms with van der Waals surface area (Å²) >= 11 is 3.98. The first kappa shape index (κ1) is 26.4. The number of hydrogen-bond donors (Lipinski definition) is 9. The molecule has 0 saturated heterocycles. The van der Waals surface area contributed by atoms with Gasteiger partial charge in [-0.3, -0.25) is 19.4 Å². The SMILES string of the molecule is CC(O)C(NC(=O)CN)C(=O)NC(CS)C(=O)NC(CCCN=C(N)N)C(=O)O. The van der Waals surface area contributed by atoms with Crippen molar-refractivity contribution in [3.8, 4) is 0 Å². The zero-order valence-corrected chi connectivity index (χ0v) is 16.9. The molecule has 0 aliphatic rings. The summed E-state index contributed by atoms with van der Waals surface area (Å²) in [5.41, 5.74) is 15.5. The summed E-state index contributed by atoms with van der Waals surface area (Å²) in [7, 11) is 0. The topological polar surface area (TPSA) is 235 Å². The van der Waals surface area contributed by atoms with E-state index in [1.54, 1.807) is 0 Å². The van der Waals surface area contributed by atoms with Crippen LogP contribution in [0.2, 0.25) is 0 Å². The molecule has 4 unspecified atom stereocenters. The lowest BCUT2D eigenvalue weighted by Crippen LogP contribution is -2.59. The van der Waals surface area contributed by atoms with Crippen molar-refractivity contribution in [3.63, 3.8) is 0 Å². The number of carbonyl (C=O) groups is 4. The van der Waals surface area contributed by atoms with Crippen LogP contribution in [0.3, 0.4) is 0 Å². The molecule has 0 aromatic rings. The lowest BCUT2D eigenvalue weighted by Gasteiger charge is -2.24. The second kappa shape index (κ2) is 13.6. The number of aliphatic imine (C=N–C) groups is 1. The molecule has 13 nitrogen and oxygen atoms in total. The van der Waals surface area contributed by atoms with E-state index in [9.17, 15) is 29.4 Å². The Morgan fingerprint density at radius 2 is 1.66 bits per heavy atom. The van der Waals surface area contributed by atoms with E-state index < -0.39 is 54.5 Å². The van der Waals surface area contributed by atoms with Crippen LogP contribution in [0.15, 0.2) is 4.99 Å². The standard InChI is InChI=1S/C15H29N7O6S/c1-7(23)11(22-10(24)5-16)13(26)21-9(6-29)12(25)20-8(14(27)28)3-2-4-19-15(17)18/h7-9,11,23,29H,2-6,16H2,1H3,(H,20,25)(H,21,26)(H,22,24)(H,27,28)(H4,17,18,19). The summed E-state index contributed by atoms with van der Waals surface area (Å²) in [6.45, 7) is 1.06. The van der Waals surface area contributed by atoms with Gasteiger partial charge < -0.3 is 43.4 Å². The minimum absolute atomic E-state index is 0.0496. The van der Waals surface area contributed by atoms with Gasteiger partial charge >= 0.3 is 5.97 Å². The number of aliphatic hydroxyl groups excluding tert-OH is 1. The van der Waals surface area contributed by atoms with E-state index in [4.69, 9.17) is 17.2 Å². The molecule has 166 valence electrons. The number of carboxylic acids is 1. The van der Waals surface area contributed by atoms with Gasteiger partial charge in [0.05, 0.1) is 12.6 Å². The Morgan fingerprint density at radius 1 is 1.07 bits per heavy atom. The molecule has 14 heteroatoms. The predicted molar refractivity (Wildman–Crippen MR) is 108 cm³/mol. The number of carboxylic acid groups (broad SMARTS) is 1. The fourth-order valence-corrected chi connectivity index (χ4v) is 2.38. The number of aliphatic carboxylic acids is 1. The van der Waals surface area contributed by atoms with Crippen molar-refractivity contribution in [1.29, 1.82) is 0 Å². The summed E-state index contributed by atoms with van der Waals surface area (Å²) < 4.78 is 0. The number of nitrogens with two attached hydrogens (primary N) is 3. The van der Waals surface area contributed by atoms with Crippen molar-refractivity contribution in [1.82, 2.24) is 16.0 Å². The minimum Gasteiger partial charge on any atom is -0.480 e. The Balaban J connectivity index is 4.97. The molecule has 0 aliphatic heterocycles. The third-order valence-electron chi connectivity index (χ3n) is 3.64. The van der Waals surface area contributed by atoms with Crippen molar-refractivity contribution < 1.29 is 29.4 Å². The normalized spacial score (nSPS) is 14.6. The second-order valence-corrected chi connectivity index (χ2v) is 6.45. The van der Waals surface area contributed by atoms with Crippen LogP contribution in [0.1, 0.15) is 19.8 Å². The number of aliphatic hydroxyl groups is 1. The Labute approximate surface area is 173 Å².